The van der Waals surface area contributed by atoms with E-state index < -0.39 is 0 Å². The topological polar surface area (TPSA) is 50.9 Å². The van der Waals surface area contributed by atoms with Gasteiger partial charge in [-0.2, -0.15) is 0 Å². The molecule has 19 heavy (non-hydrogen) atoms. The SMILES string of the molecule is Cc1cc(C)nc(C(Cc2ccc(F)cc2)NN)c1. The second-order valence-electron chi connectivity index (χ2n) is 4.76. The standard InChI is InChI=1S/C15H18FN3/c1-10-7-11(2)18-14(8-10)15(19-17)9-12-3-5-13(16)6-4-12/h3-8,15,19H,9,17H2,1-2H3. The Bertz CT molecular complexity index is 532. The minimum atomic E-state index is -0.231. The maximum Gasteiger partial charge on any atom is 0.123 e. The van der Waals surface area contributed by atoms with Crippen LogP contribution in [0.2, 0.25) is 0 Å². The van der Waals surface area contributed by atoms with Crippen LogP contribution in [0.4, 0.5) is 4.39 Å². The first kappa shape index (κ1) is 13.6. The number of benzene rings is 1. The molecule has 4 heteroatoms. The molecule has 1 aromatic heterocycles. The Labute approximate surface area is 112 Å². The van der Waals surface area contributed by atoms with Crippen molar-refractivity contribution < 1.29 is 4.39 Å². The molecule has 0 saturated heterocycles. The van der Waals surface area contributed by atoms with Gasteiger partial charge in [0.2, 0.25) is 0 Å². The van der Waals surface area contributed by atoms with Crippen molar-refractivity contribution in [2.24, 2.45) is 5.84 Å². The second kappa shape index (κ2) is 5.91. The van der Waals surface area contributed by atoms with E-state index in [2.05, 4.69) is 10.4 Å². The maximum atomic E-state index is 12.9. The number of aryl methyl sites for hydroxylation is 2. The van der Waals surface area contributed by atoms with Gasteiger partial charge in [0.05, 0.1) is 11.7 Å². The molecule has 0 aliphatic carbocycles. The number of aromatic nitrogens is 1. The molecule has 0 radical (unpaired) electrons. The van der Waals surface area contributed by atoms with Crippen LogP contribution in [0, 0.1) is 19.7 Å². The Kier molecular flexibility index (Phi) is 4.24. The van der Waals surface area contributed by atoms with Gasteiger partial charge in [-0.3, -0.25) is 16.3 Å². The fraction of sp³-hybridized carbons (Fsp3) is 0.267. The summed E-state index contributed by atoms with van der Waals surface area (Å²) in [6.45, 7) is 3.99. The summed E-state index contributed by atoms with van der Waals surface area (Å²) in [5, 5.41) is 0. The van der Waals surface area contributed by atoms with Crippen molar-refractivity contribution >= 4 is 0 Å². The number of hydrogen-bond acceptors (Lipinski definition) is 3. The minimum absolute atomic E-state index is 0.0796. The van der Waals surface area contributed by atoms with E-state index in [-0.39, 0.29) is 11.9 Å². The molecular formula is C15H18FN3. The second-order valence-corrected chi connectivity index (χ2v) is 4.76. The Morgan fingerprint density at radius 1 is 1.21 bits per heavy atom. The van der Waals surface area contributed by atoms with Gasteiger partial charge in [0.25, 0.3) is 0 Å². The number of nitrogens with one attached hydrogen (secondary N) is 1. The summed E-state index contributed by atoms with van der Waals surface area (Å²) >= 11 is 0. The summed E-state index contributed by atoms with van der Waals surface area (Å²) in [5.41, 5.74) is 6.83. The average Bonchev–Trinajstić information content (AvgIpc) is 2.37. The smallest absolute Gasteiger partial charge is 0.123 e. The van der Waals surface area contributed by atoms with E-state index in [9.17, 15) is 4.39 Å². The number of rotatable bonds is 4. The van der Waals surface area contributed by atoms with Crippen LogP contribution >= 0.6 is 0 Å². The van der Waals surface area contributed by atoms with E-state index >= 15 is 0 Å². The van der Waals surface area contributed by atoms with Gasteiger partial charge in [-0.25, -0.2) is 4.39 Å². The lowest BCUT2D eigenvalue weighted by Gasteiger charge is -2.16. The molecule has 0 spiro atoms. The molecule has 0 aliphatic rings. The first-order valence-corrected chi connectivity index (χ1v) is 6.24. The number of nitrogens with two attached hydrogens (primary N) is 1. The van der Waals surface area contributed by atoms with E-state index in [1.807, 2.05) is 26.0 Å². The molecule has 3 nitrogen and oxygen atoms in total. The number of hydrazine groups is 1. The zero-order valence-corrected chi connectivity index (χ0v) is 11.2. The zero-order chi connectivity index (χ0) is 13.8. The van der Waals surface area contributed by atoms with Crippen molar-refractivity contribution in [3.05, 3.63) is 64.7 Å². The predicted molar refractivity (Wildman–Crippen MR) is 73.9 cm³/mol. The number of pyridine rings is 1. The van der Waals surface area contributed by atoms with Crippen molar-refractivity contribution in [2.75, 3.05) is 0 Å². The highest BCUT2D eigenvalue weighted by atomic mass is 19.1. The number of halogens is 1. The van der Waals surface area contributed by atoms with Crippen molar-refractivity contribution in [2.45, 2.75) is 26.3 Å². The number of nitrogens with zero attached hydrogens (tertiary/aromatic N) is 1. The van der Waals surface area contributed by atoms with Gasteiger partial charge in [-0.15, -0.1) is 0 Å². The highest BCUT2D eigenvalue weighted by Crippen LogP contribution is 2.18. The first-order chi connectivity index (χ1) is 9.08. The normalized spacial score (nSPS) is 12.4. The van der Waals surface area contributed by atoms with Gasteiger partial charge >= 0.3 is 0 Å². The van der Waals surface area contributed by atoms with Crippen LogP contribution in [0.5, 0.6) is 0 Å². The summed E-state index contributed by atoms with van der Waals surface area (Å²) in [6, 6.07) is 10.4. The molecule has 0 saturated carbocycles. The molecule has 0 amide bonds. The lowest BCUT2D eigenvalue weighted by Crippen LogP contribution is -2.30. The van der Waals surface area contributed by atoms with Gasteiger partial charge in [0.1, 0.15) is 5.82 Å². The van der Waals surface area contributed by atoms with Gasteiger partial charge in [0, 0.05) is 5.69 Å². The first-order valence-electron chi connectivity index (χ1n) is 6.24. The Hall–Kier alpha value is -1.78. The minimum Gasteiger partial charge on any atom is -0.271 e. The molecule has 1 aromatic carbocycles. The zero-order valence-electron chi connectivity index (χ0n) is 11.2. The summed E-state index contributed by atoms with van der Waals surface area (Å²) in [4.78, 5) is 4.50. The van der Waals surface area contributed by atoms with E-state index in [1.54, 1.807) is 12.1 Å². The summed E-state index contributed by atoms with van der Waals surface area (Å²) in [6.07, 6.45) is 0.673. The highest BCUT2D eigenvalue weighted by molar-refractivity contribution is 5.24. The molecule has 2 rings (SSSR count). The molecule has 1 heterocycles. The van der Waals surface area contributed by atoms with E-state index in [4.69, 9.17) is 5.84 Å². The van der Waals surface area contributed by atoms with Crippen molar-refractivity contribution in [3.63, 3.8) is 0 Å². The summed E-state index contributed by atoms with van der Waals surface area (Å²) in [7, 11) is 0. The average molecular weight is 259 g/mol. The number of hydrogen-bond donors (Lipinski definition) is 2. The van der Waals surface area contributed by atoms with Crippen LogP contribution in [0.3, 0.4) is 0 Å². The largest absolute Gasteiger partial charge is 0.271 e. The van der Waals surface area contributed by atoms with Crippen LogP contribution in [-0.2, 0) is 6.42 Å². The van der Waals surface area contributed by atoms with Crippen molar-refractivity contribution in [3.8, 4) is 0 Å². The van der Waals surface area contributed by atoms with Crippen LogP contribution < -0.4 is 11.3 Å². The Balaban J connectivity index is 2.22. The molecule has 3 N–H and O–H groups in total. The fourth-order valence-corrected chi connectivity index (χ4v) is 2.16. The Morgan fingerprint density at radius 2 is 1.89 bits per heavy atom. The predicted octanol–water partition coefficient (Wildman–Crippen LogP) is 2.58. The molecule has 100 valence electrons. The van der Waals surface area contributed by atoms with Gasteiger partial charge in [-0.1, -0.05) is 12.1 Å². The monoisotopic (exact) mass is 259 g/mol. The quantitative estimate of drug-likeness (QED) is 0.655. The molecule has 0 fully saturated rings. The Morgan fingerprint density at radius 3 is 2.47 bits per heavy atom. The third-order valence-electron chi connectivity index (χ3n) is 3.03. The van der Waals surface area contributed by atoms with Crippen molar-refractivity contribution in [1.82, 2.24) is 10.4 Å². The van der Waals surface area contributed by atoms with Gasteiger partial charge < -0.3 is 0 Å². The summed E-state index contributed by atoms with van der Waals surface area (Å²) in [5.74, 6) is 5.39. The van der Waals surface area contributed by atoms with Crippen LogP contribution in [-0.4, -0.2) is 4.98 Å². The van der Waals surface area contributed by atoms with Crippen LogP contribution in [0.25, 0.3) is 0 Å². The third kappa shape index (κ3) is 3.59. The van der Waals surface area contributed by atoms with Gasteiger partial charge in [0.15, 0.2) is 0 Å². The third-order valence-corrected chi connectivity index (χ3v) is 3.03. The maximum absolute atomic E-state index is 12.9. The summed E-state index contributed by atoms with van der Waals surface area (Å²) < 4.78 is 12.9. The highest BCUT2D eigenvalue weighted by Gasteiger charge is 2.13. The lowest BCUT2D eigenvalue weighted by molar-refractivity contribution is 0.536. The molecule has 0 aliphatic heterocycles. The van der Waals surface area contributed by atoms with E-state index in [1.165, 1.54) is 12.1 Å². The van der Waals surface area contributed by atoms with Gasteiger partial charge in [-0.05, 0) is 55.7 Å². The van der Waals surface area contributed by atoms with Crippen LogP contribution in [0.1, 0.15) is 28.6 Å². The molecule has 2 aromatic rings. The fourth-order valence-electron chi connectivity index (χ4n) is 2.16. The van der Waals surface area contributed by atoms with Crippen LogP contribution in [0.15, 0.2) is 36.4 Å². The molecule has 1 atom stereocenters. The lowest BCUT2D eigenvalue weighted by atomic mass is 10.0. The molecule has 0 bridgehead atoms. The molecular weight excluding hydrogens is 241 g/mol. The van der Waals surface area contributed by atoms with E-state index in [0.29, 0.717) is 6.42 Å². The van der Waals surface area contributed by atoms with E-state index in [0.717, 1.165) is 22.5 Å². The van der Waals surface area contributed by atoms with Crippen molar-refractivity contribution in [1.29, 1.82) is 0 Å². The molecule has 1 unspecified atom stereocenters.